The summed E-state index contributed by atoms with van der Waals surface area (Å²) in [4.78, 5) is 23.6. The second-order valence-corrected chi connectivity index (χ2v) is 5.39. The summed E-state index contributed by atoms with van der Waals surface area (Å²) in [6.07, 6.45) is 0. The molecule has 21 heavy (non-hydrogen) atoms. The fourth-order valence-electron chi connectivity index (χ4n) is 1.62. The molecular weight excluding hydrogens is 272 g/mol. The monoisotopic (exact) mass is 292 g/mol. The number of esters is 2. The lowest BCUT2D eigenvalue weighted by Crippen LogP contribution is -2.24. The van der Waals surface area contributed by atoms with Crippen molar-refractivity contribution in [2.24, 2.45) is 0 Å². The molecule has 0 bridgehead atoms. The van der Waals surface area contributed by atoms with Crippen LogP contribution in [0.2, 0.25) is 0 Å². The highest BCUT2D eigenvalue weighted by Crippen LogP contribution is 2.26. The van der Waals surface area contributed by atoms with Crippen molar-refractivity contribution in [2.45, 2.75) is 26.4 Å². The van der Waals surface area contributed by atoms with E-state index in [4.69, 9.17) is 9.47 Å². The molecule has 5 heteroatoms. The first-order chi connectivity index (χ1) is 9.69. The summed E-state index contributed by atoms with van der Waals surface area (Å²) in [6, 6.07) is 4.68. The summed E-state index contributed by atoms with van der Waals surface area (Å²) in [5, 5.41) is 0. The summed E-state index contributed by atoms with van der Waals surface area (Å²) >= 11 is 0. The zero-order chi connectivity index (χ0) is 16.2. The Morgan fingerprint density at radius 2 is 1.76 bits per heavy atom. The molecule has 0 radical (unpaired) electrons. The summed E-state index contributed by atoms with van der Waals surface area (Å²) < 4.78 is 15.1. The maximum atomic E-state index is 12.0. The van der Waals surface area contributed by atoms with Crippen LogP contribution in [0.3, 0.4) is 0 Å². The van der Waals surface area contributed by atoms with E-state index in [-0.39, 0.29) is 11.1 Å². The van der Waals surface area contributed by atoms with Crippen LogP contribution in [0.25, 0.3) is 5.57 Å². The van der Waals surface area contributed by atoms with Gasteiger partial charge in [0, 0.05) is 0 Å². The maximum absolute atomic E-state index is 12.0. The van der Waals surface area contributed by atoms with Crippen molar-refractivity contribution >= 4 is 17.5 Å². The lowest BCUT2D eigenvalue weighted by Gasteiger charge is -2.20. The quantitative estimate of drug-likeness (QED) is 0.631. The van der Waals surface area contributed by atoms with Crippen LogP contribution in [0.5, 0.6) is 5.75 Å². The van der Waals surface area contributed by atoms with Gasteiger partial charge in [0.25, 0.3) is 0 Å². The lowest BCUT2D eigenvalue weighted by atomic mass is 10.0. The highest BCUT2D eigenvalue weighted by Gasteiger charge is 2.21. The lowest BCUT2D eigenvalue weighted by molar-refractivity contribution is -0.147. The molecule has 0 amide bonds. The summed E-state index contributed by atoms with van der Waals surface area (Å²) in [7, 11) is 2.72. The molecule has 0 aliphatic heterocycles. The molecule has 0 aliphatic rings. The Morgan fingerprint density at radius 3 is 2.24 bits per heavy atom. The van der Waals surface area contributed by atoms with Crippen LogP contribution in [0.4, 0.5) is 0 Å². The number of methoxy groups -OCH3 is 2. The number of hydrogen-bond acceptors (Lipinski definition) is 5. The molecule has 0 unspecified atom stereocenters. The van der Waals surface area contributed by atoms with Crippen LogP contribution >= 0.6 is 0 Å². The normalized spacial score (nSPS) is 10.7. The third kappa shape index (κ3) is 4.34. The van der Waals surface area contributed by atoms with Crippen molar-refractivity contribution < 1.29 is 23.8 Å². The standard InChI is InChI=1S/C16H20O5/c1-10(14(17)21-16(2,3)4)11-7-8-12(15(18)20-6)13(9-11)19-5/h7-9H,1H2,2-6H3. The smallest absolute Gasteiger partial charge is 0.341 e. The van der Waals surface area contributed by atoms with Gasteiger partial charge in [-0.1, -0.05) is 12.6 Å². The van der Waals surface area contributed by atoms with E-state index in [2.05, 4.69) is 11.3 Å². The molecule has 1 aromatic rings. The fraction of sp³-hybridized carbons (Fsp3) is 0.375. The van der Waals surface area contributed by atoms with Crippen molar-refractivity contribution in [3.8, 4) is 5.75 Å². The van der Waals surface area contributed by atoms with Gasteiger partial charge in [0.1, 0.15) is 16.9 Å². The predicted octanol–water partition coefficient (Wildman–Crippen LogP) is 2.84. The van der Waals surface area contributed by atoms with Gasteiger partial charge in [0.15, 0.2) is 0 Å². The van der Waals surface area contributed by atoms with Gasteiger partial charge in [-0.2, -0.15) is 0 Å². The van der Waals surface area contributed by atoms with E-state index in [0.717, 1.165) is 0 Å². The Labute approximate surface area is 124 Å². The highest BCUT2D eigenvalue weighted by atomic mass is 16.6. The molecule has 0 aromatic heterocycles. The van der Waals surface area contributed by atoms with Crippen LogP contribution in [-0.4, -0.2) is 31.8 Å². The number of ether oxygens (including phenoxy) is 3. The molecule has 5 nitrogen and oxygen atoms in total. The van der Waals surface area contributed by atoms with Crippen LogP contribution in [0.1, 0.15) is 36.7 Å². The van der Waals surface area contributed by atoms with E-state index in [1.54, 1.807) is 32.9 Å². The van der Waals surface area contributed by atoms with Crippen LogP contribution < -0.4 is 4.74 Å². The number of benzene rings is 1. The van der Waals surface area contributed by atoms with Gasteiger partial charge < -0.3 is 14.2 Å². The average molecular weight is 292 g/mol. The van der Waals surface area contributed by atoms with Crippen LogP contribution in [0, 0.1) is 0 Å². The largest absolute Gasteiger partial charge is 0.496 e. The molecule has 0 N–H and O–H groups in total. The predicted molar refractivity (Wildman–Crippen MR) is 79.2 cm³/mol. The molecule has 0 atom stereocenters. The number of carbonyl (C=O) groups is 2. The van der Waals surface area contributed by atoms with E-state index in [0.29, 0.717) is 11.3 Å². The second-order valence-electron chi connectivity index (χ2n) is 5.39. The maximum Gasteiger partial charge on any atom is 0.341 e. The fourth-order valence-corrected chi connectivity index (χ4v) is 1.62. The Balaban J connectivity index is 3.07. The van der Waals surface area contributed by atoms with Crippen molar-refractivity contribution in [1.82, 2.24) is 0 Å². The Morgan fingerprint density at radius 1 is 1.14 bits per heavy atom. The Hall–Kier alpha value is -2.30. The summed E-state index contributed by atoms with van der Waals surface area (Å²) in [6.45, 7) is 9.06. The van der Waals surface area contributed by atoms with Crippen LogP contribution in [0.15, 0.2) is 24.8 Å². The van der Waals surface area contributed by atoms with Gasteiger partial charge in [-0.05, 0) is 38.5 Å². The van der Waals surface area contributed by atoms with E-state index in [1.165, 1.54) is 20.3 Å². The molecule has 0 saturated carbocycles. The zero-order valence-corrected chi connectivity index (χ0v) is 13.0. The minimum Gasteiger partial charge on any atom is -0.496 e. The Kier molecular flexibility index (Phi) is 5.13. The van der Waals surface area contributed by atoms with Gasteiger partial charge in [-0.15, -0.1) is 0 Å². The summed E-state index contributed by atoms with van der Waals surface area (Å²) in [5.41, 5.74) is 0.393. The minimum atomic E-state index is -0.601. The van der Waals surface area contributed by atoms with Crippen LogP contribution in [-0.2, 0) is 14.3 Å². The first-order valence-electron chi connectivity index (χ1n) is 6.38. The topological polar surface area (TPSA) is 61.8 Å². The third-order valence-corrected chi connectivity index (χ3v) is 2.60. The SMILES string of the molecule is C=C(C(=O)OC(C)(C)C)c1ccc(C(=O)OC)c(OC)c1. The Bertz CT molecular complexity index is 567. The molecular formula is C16H20O5. The molecule has 0 spiro atoms. The summed E-state index contributed by atoms with van der Waals surface area (Å²) in [5.74, 6) is -0.722. The molecule has 0 saturated heterocycles. The number of hydrogen-bond donors (Lipinski definition) is 0. The first-order valence-corrected chi connectivity index (χ1v) is 6.38. The van der Waals surface area contributed by atoms with E-state index in [1.807, 2.05) is 0 Å². The van der Waals surface area contributed by atoms with E-state index >= 15 is 0 Å². The number of carbonyl (C=O) groups excluding carboxylic acids is 2. The zero-order valence-electron chi connectivity index (χ0n) is 13.0. The second kappa shape index (κ2) is 6.43. The molecule has 1 aromatic carbocycles. The molecule has 114 valence electrons. The minimum absolute atomic E-state index is 0.194. The average Bonchev–Trinajstić information content (AvgIpc) is 2.43. The molecule has 1 rings (SSSR count). The molecule has 0 heterocycles. The first kappa shape index (κ1) is 16.8. The van der Waals surface area contributed by atoms with Gasteiger partial charge in [-0.3, -0.25) is 0 Å². The number of rotatable bonds is 4. The van der Waals surface area contributed by atoms with Crippen molar-refractivity contribution in [1.29, 1.82) is 0 Å². The van der Waals surface area contributed by atoms with Crippen molar-refractivity contribution in [3.05, 3.63) is 35.9 Å². The van der Waals surface area contributed by atoms with E-state index < -0.39 is 17.5 Å². The third-order valence-electron chi connectivity index (χ3n) is 2.60. The molecule has 0 fully saturated rings. The highest BCUT2D eigenvalue weighted by molar-refractivity contribution is 6.16. The molecule has 0 aliphatic carbocycles. The van der Waals surface area contributed by atoms with Gasteiger partial charge in [0.05, 0.1) is 19.8 Å². The van der Waals surface area contributed by atoms with Gasteiger partial charge in [0.2, 0.25) is 0 Å². The van der Waals surface area contributed by atoms with Crippen molar-refractivity contribution in [3.63, 3.8) is 0 Å². The van der Waals surface area contributed by atoms with Crippen molar-refractivity contribution in [2.75, 3.05) is 14.2 Å². The van der Waals surface area contributed by atoms with E-state index in [9.17, 15) is 9.59 Å². The van der Waals surface area contributed by atoms with Gasteiger partial charge >= 0.3 is 11.9 Å². The van der Waals surface area contributed by atoms with Gasteiger partial charge in [-0.25, -0.2) is 9.59 Å².